The van der Waals surface area contributed by atoms with Gasteiger partial charge in [-0.1, -0.05) is 42.5 Å². The Bertz CT molecular complexity index is 1270. The van der Waals surface area contributed by atoms with Crippen LogP contribution in [0.2, 0.25) is 0 Å². The average Bonchev–Trinajstić information content (AvgIpc) is 3.32. The van der Waals surface area contributed by atoms with Gasteiger partial charge in [0, 0.05) is 43.9 Å². The fraction of sp³-hybridized carbons (Fsp3) is 0.357. The second kappa shape index (κ2) is 10.7. The Morgan fingerprint density at radius 1 is 1.06 bits per heavy atom. The molecule has 2 aliphatic rings. The minimum Gasteiger partial charge on any atom is -0.459 e. The number of aliphatic hydroxyl groups is 1. The van der Waals surface area contributed by atoms with Crippen LogP contribution in [0.1, 0.15) is 40.7 Å². The fourth-order valence-corrected chi connectivity index (χ4v) is 4.74. The van der Waals surface area contributed by atoms with Crippen LogP contribution >= 0.6 is 0 Å². The number of amides is 1. The molecule has 1 N–H and O–H groups in total. The number of carbonyl (C=O) groups is 2. The van der Waals surface area contributed by atoms with Crippen molar-refractivity contribution in [3.05, 3.63) is 83.3 Å². The molecule has 0 aliphatic carbocycles. The molecule has 1 fully saturated rings. The number of nitrogens with zero attached hydrogens (tertiary/aromatic N) is 2. The molecule has 1 saturated heterocycles. The Kier molecular flexibility index (Phi) is 7.18. The SMILES string of the molecule is CC(=O)n1cc([C@H]2C=C(C(=O)N3CCOCC3)O[C@@H](OCc3ccc(CO)cc3)C2)c2ccccc21. The highest BCUT2D eigenvalue weighted by atomic mass is 16.7. The largest absolute Gasteiger partial charge is 0.459 e. The maximum atomic E-state index is 13.3. The zero-order chi connectivity index (χ0) is 25.1. The zero-order valence-corrected chi connectivity index (χ0v) is 20.3. The highest BCUT2D eigenvalue weighted by Crippen LogP contribution is 2.37. The third kappa shape index (κ3) is 5.06. The minimum atomic E-state index is -0.642. The smallest absolute Gasteiger partial charge is 0.288 e. The molecule has 1 aromatic heterocycles. The monoisotopic (exact) mass is 490 g/mol. The van der Waals surface area contributed by atoms with Crippen molar-refractivity contribution in [1.82, 2.24) is 9.47 Å². The Morgan fingerprint density at radius 2 is 1.78 bits per heavy atom. The van der Waals surface area contributed by atoms with E-state index in [1.165, 1.54) is 6.92 Å². The van der Waals surface area contributed by atoms with Gasteiger partial charge in [-0.25, -0.2) is 0 Å². The highest BCUT2D eigenvalue weighted by Gasteiger charge is 2.33. The van der Waals surface area contributed by atoms with Crippen LogP contribution in [0, 0.1) is 0 Å². The molecule has 0 saturated carbocycles. The van der Waals surface area contributed by atoms with E-state index in [9.17, 15) is 14.7 Å². The molecule has 8 nitrogen and oxygen atoms in total. The lowest BCUT2D eigenvalue weighted by atomic mass is 9.92. The molecule has 36 heavy (non-hydrogen) atoms. The Balaban J connectivity index is 1.44. The summed E-state index contributed by atoms with van der Waals surface area (Å²) in [6.07, 6.45) is 3.58. The summed E-state index contributed by atoms with van der Waals surface area (Å²) in [5.41, 5.74) is 3.56. The second-order valence-electron chi connectivity index (χ2n) is 9.10. The lowest BCUT2D eigenvalue weighted by Gasteiger charge is -2.33. The number of fused-ring (bicyclic) bond motifs is 1. The third-order valence-electron chi connectivity index (χ3n) is 6.69. The van der Waals surface area contributed by atoms with Gasteiger partial charge >= 0.3 is 0 Å². The van der Waals surface area contributed by atoms with Gasteiger partial charge in [-0.2, -0.15) is 0 Å². The molecule has 0 bridgehead atoms. The van der Waals surface area contributed by atoms with Gasteiger partial charge < -0.3 is 24.2 Å². The van der Waals surface area contributed by atoms with E-state index in [0.717, 1.165) is 27.6 Å². The summed E-state index contributed by atoms with van der Waals surface area (Å²) in [6, 6.07) is 15.3. The van der Waals surface area contributed by atoms with Crippen LogP contribution < -0.4 is 0 Å². The minimum absolute atomic E-state index is 0.0137. The first-order chi connectivity index (χ1) is 17.5. The summed E-state index contributed by atoms with van der Waals surface area (Å²) in [5, 5.41) is 10.2. The molecule has 0 unspecified atom stereocenters. The van der Waals surface area contributed by atoms with Crippen LogP contribution in [0.15, 0.2) is 66.6 Å². The van der Waals surface area contributed by atoms with Crippen LogP contribution in [0.25, 0.3) is 10.9 Å². The van der Waals surface area contributed by atoms with Gasteiger partial charge in [0.25, 0.3) is 5.91 Å². The molecule has 188 valence electrons. The number of carbonyl (C=O) groups excluding carboxylic acids is 2. The van der Waals surface area contributed by atoms with E-state index in [0.29, 0.717) is 39.3 Å². The van der Waals surface area contributed by atoms with Gasteiger partial charge in [-0.3, -0.25) is 14.2 Å². The van der Waals surface area contributed by atoms with E-state index in [2.05, 4.69) is 0 Å². The highest BCUT2D eigenvalue weighted by molar-refractivity contribution is 5.95. The molecule has 2 aliphatic heterocycles. The first kappa shape index (κ1) is 24.2. The normalized spacial score (nSPS) is 20.2. The van der Waals surface area contributed by atoms with E-state index in [4.69, 9.17) is 14.2 Å². The number of benzene rings is 2. The van der Waals surface area contributed by atoms with E-state index in [1.807, 2.05) is 60.8 Å². The van der Waals surface area contributed by atoms with Crippen LogP contribution in [0.4, 0.5) is 0 Å². The first-order valence-electron chi connectivity index (χ1n) is 12.2. The lowest BCUT2D eigenvalue weighted by Crippen LogP contribution is -2.43. The molecule has 3 aromatic rings. The van der Waals surface area contributed by atoms with Crippen molar-refractivity contribution in [2.45, 2.75) is 38.8 Å². The number of ether oxygens (including phenoxy) is 3. The number of morpholine rings is 1. The van der Waals surface area contributed by atoms with Gasteiger partial charge in [0.05, 0.1) is 31.9 Å². The number of allylic oxidation sites excluding steroid dienone is 1. The molecule has 0 spiro atoms. The number of para-hydroxylation sites is 1. The molecule has 2 aromatic carbocycles. The van der Waals surface area contributed by atoms with Crippen molar-refractivity contribution in [3.8, 4) is 0 Å². The van der Waals surface area contributed by atoms with Crippen LogP contribution in [-0.4, -0.2) is 59.0 Å². The van der Waals surface area contributed by atoms with Crippen molar-refractivity contribution in [2.75, 3.05) is 26.3 Å². The van der Waals surface area contributed by atoms with E-state index in [-0.39, 0.29) is 30.1 Å². The van der Waals surface area contributed by atoms with Gasteiger partial charge in [-0.15, -0.1) is 0 Å². The van der Waals surface area contributed by atoms with Gasteiger partial charge in [-0.05, 0) is 28.8 Å². The molecule has 0 radical (unpaired) electrons. The summed E-state index contributed by atoms with van der Waals surface area (Å²) < 4.78 is 19.3. The standard InChI is InChI=1S/C28H30N2O6/c1-19(32)30-16-24(23-4-2-3-5-25(23)30)22-14-26(28(33)29-10-12-34-13-11-29)36-27(15-22)35-18-21-8-6-20(17-31)7-9-21/h2-9,14,16,22,27,31H,10-13,15,17-18H2,1H3/t22-,27+/m0/s1. The third-order valence-corrected chi connectivity index (χ3v) is 6.69. The number of aliphatic hydroxyl groups excluding tert-OH is 1. The van der Waals surface area contributed by atoms with Crippen molar-refractivity contribution in [3.63, 3.8) is 0 Å². The predicted octanol–water partition coefficient (Wildman–Crippen LogP) is 3.58. The predicted molar refractivity (Wildman–Crippen MR) is 133 cm³/mol. The van der Waals surface area contributed by atoms with E-state index in [1.54, 1.807) is 9.47 Å². The van der Waals surface area contributed by atoms with E-state index < -0.39 is 6.29 Å². The summed E-state index contributed by atoms with van der Waals surface area (Å²) in [4.78, 5) is 27.4. The van der Waals surface area contributed by atoms with Crippen molar-refractivity contribution in [1.29, 1.82) is 0 Å². The number of hydrogen-bond acceptors (Lipinski definition) is 6. The van der Waals surface area contributed by atoms with Crippen molar-refractivity contribution < 1.29 is 28.9 Å². The quantitative estimate of drug-likeness (QED) is 0.568. The Hall–Kier alpha value is -3.46. The van der Waals surface area contributed by atoms with Crippen molar-refractivity contribution >= 4 is 22.7 Å². The topological polar surface area (TPSA) is 90.2 Å². The maximum Gasteiger partial charge on any atom is 0.288 e. The van der Waals surface area contributed by atoms with Crippen LogP contribution in [0.3, 0.4) is 0 Å². The first-order valence-corrected chi connectivity index (χ1v) is 12.2. The molecule has 1 amide bonds. The average molecular weight is 491 g/mol. The number of aromatic nitrogens is 1. The zero-order valence-electron chi connectivity index (χ0n) is 20.3. The summed E-state index contributed by atoms with van der Waals surface area (Å²) in [6.45, 7) is 3.85. The van der Waals surface area contributed by atoms with Crippen molar-refractivity contribution in [2.24, 2.45) is 0 Å². The van der Waals surface area contributed by atoms with E-state index >= 15 is 0 Å². The molecule has 5 rings (SSSR count). The van der Waals surface area contributed by atoms with Crippen LogP contribution in [-0.2, 0) is 32.2 Å². The van der Waals surface area contributed by atoms with Gasteiger partial charge in [0.2, 0.25) is 12.2 Å². The summed E-state index contributed by atoms with van der Waals surface area (Å²) >= 11 is 0. The molecule has 3 heterocycles. The second-order valence-corrected chi connectivity index (χ2v) is 9.10. The van der Waals surface area contributed by atoms with Gasteiger partial charge in [0.15, 0.2) is 5.76 Å². The lowest BCUT2D eigenvalue weighted by molar-refractivity contribution is -0.158. The molecular weight excluding hydrogens is 460 g/mol. The number of hydrogen-bond donors (Lipinski definition) is 1. The maximum absolute atomic E-state index is 13.3. The molecular formula is C28H30N2O6. The summed E-state index contributed by atoms with van der Waals surface area (Å²) in [7, 11) is 0. The molecule has 2 atom stereocenters. The molecule has 8 heteroatoms. The Labute approximate surface area is 209 Å². The number of rotatable bonds is 6. The summed E-state index contributed by atoms with van der Waals surface area (Å²) in [5.74, 6) is -0.170. The fourth-order valence-electron chi connectivity index (χ4n) is 4.74. The Morgan fingerprint density at radius 3 is 2.50 bits per heavy atom. The van der Waals surface area contributed by atoms with Gasteiger partial charge in [0.1, 0.15) is 0 Å². The van der Waals surface area contributed by atoms with Crippen LogP contribution in [0.5, 0.6) is 0 Å².